The van der Waals surface area contributed by atoms with Crippen LogP contribution in [-0.4, -0.2) is 21.5 Å². The minimum Gasteiger partial charge on any atom is -0.384 e. The average molecular weight is 300 g/mol. The van der Waals surface area contributed by atoms with Crippen molar-refractivity contribution < 1.29 is 8.42 Å². The lowest BCUT2D eigenvalue weighted by Crippen LogP contribution is -2.29. The van der Waals surface area contributed by atoms with E-state index in [0.717, 1.165) is 41.9 Å². The van der Waals surface area contributed by atoms with E-state index in [1.807, 2.05) is 36.4 Å². The number of nitrogens with one attached hydrogen (secondary N) is 1. The highest BCUT2D eigenvalue weighted by molar-refractivity contribution is 7.92. The number of anilines is 2. The van der Waals surface area contributed by atoms with Crippen molar-refractivity contribution in [3.05, 3.63) is 53.6 Å². The van der Waals surface area contributed by atoms with Crippen LogP contribution in [-0.2, 0) is 22.9 Å². The van der Waals surface area contributed by atoms with Crippen molar-refractivity contribution in [2.24, 2.45) is 0 Å². The first-order valence-corrected chi connectivity index (χ1v) is 8.58. The molecule has 0 fully saturated rings. The van der Waals surface area contributed by atoms with E-state index in [2.05, 4.69) is 5.32 Å². The molecule has 0 aliphatic carbocycles. The summed E-state index contributed by atoms with van der Waals surface area (Å²) in [6, 6.07) is 13.1. The molecule has 4 nitrogen and oxygen atoms in total. The summed E-state index contributed by atoms with van der Waals surface area (Å²) in [7, 11) is -3.47. The molecule has 0 unspecified atom stereocenters. The number of sulfonamides is 1. The van der Waals surface area contributed by atoms with Crippen molar-refractivity contribution in [3.63, 3.8) is 0 Å². The van der Waals surface area contributed by atoms with E-state index in [4.69, 9.17) is 0 Å². The Morgan fingerprint density at radius 3 is 2.76 bits per heavy atom. The van der Waals surface area contributed by atoms with Gasteiger partial charge < -0.3 is 5.32 Å². The molecule has 0 saturated heterocycles. The predicted molar refractivity (Wildman–Crippen MR) is 83.3 cm³/mol. The Morgan fingerprint density at radius 1 is 1.00 bits per heavy atom. The van der Waals surface area contributed by atoms with Gasteiger partial charge in [-0.25, -0.2) is 8.42 Å². The zero-order chi connectivity index (χ0) is 14.4. The van der Waals surface area contributed by atoms with Crippen LogP contribution in [0, 0.1) is 0 Å². The Hall–Kier alpha value is -2.01. The SMILES string of the molecule is O=S(=O)(c1ccc2c(c1)CCN2)N1CCc2ccccc21. The standard InChI is InChI=1S/C16H16N2O2S/c19-21(20,14-5-6-15-13(11-14)7-9-17-15)18-10-8-12-3-1-2-4-16(12)18/h1-6,11,17H,7-10H2. The monoisotopic (exact) mass is 300 g/mol. The third kappa shape index (κ3) is 1.92. The van der Waals surface area contributed by atoms with Gasteiger partial charge in [0.2, 0.25) is 0 Å². The van der Waals surface area contributed by atoms with E-state index in [9.17, 15) is 8.42 Å². The first-order chi connectivity index (χ1) is 10.2. The number of hydrogen-bond donors (Lipinski definition) is 1. The summed E-state index contributed by atoms with van der Waals surface area (Å²) in [4.78, 5) is 0.390. The van der Waals surface area contributed by atoms with Crippen LogP contribution in [0.5, 0.6) is 0 Å². The molecule has 5 heteroatoms. The topological polar surface area (TPSA) is 49.4 Å². The summed E-state index contributed by atoms with van der Waals surface area (Å²) in [5.74, 6) is 0. The van der Waals surface area contributed by atoms with E-state index < -0.39 is 10.0 Å². The number of hydrogen-bond acceptors (Lipinski definition) is 3. The normalized spacial score (nSPS) is 16.5. The Bertz CT molecular complexity index is 815. The first kappa shape index (κ1) is 12.7. The predicted octanol–water partition coefficient (Wildman–Crippen LogP) is 2.41. The Morgan fingerprint density at radius 2 is 1.86 bits per heavy atom. The smallest absolute Gasteiger partial charge is 0.264 e. The first-order valence-electron chi connectivity index (χ1n) is 7.14. The fourth-order valence-electron chi connectivity index (χ4n) is 3.13. The summed E-state index contributed by atoms with van der Waals surface area (Å²) in [5, 5.41) is 3.26. The zero-order valence-corrected chi connectivity index (χ0v) is 12.4. The van der Waals surface area contributed by atoms with Gasteiger partial charge in [0.1, 0.15) is 0 Å². The van der Waals surface area contributed by atoms with Crippen LogP contribution in [0.1, 0.15) is 11.1 Å². The highest BCUT2D eigenvalue weighted by Crippen LogP contribution is 2.34. The van der Waals surface area contributed by atoms with Gasteiger partial charge in [-0.3, -0.25) is 4.31 Å². The number of fused-ring (bicyclic) bond motifs is 2. The minimum absolute atomic E-state index is 0.390. The summed E-state index contributed by atoms with van der Waals surface area (Å²) < 4.78 is 27.3. The highest BCUT2D eigenvalue weighted by Gasteiger charge is 2.31. The molecule has 0 amide bonds. The van der Waals surface area contributed by atoms with Gasteiger partial charge in [0.05, 0.1) is 10.6 Å². The molecule has 2 aliphatic heterocycles. The molecule has 0 spiro atoms. The molecule has 0 aromatic heterocycles. The summed E-state index contributed by atoms with van der Waals surface area (Å²) in [6.45, 7) is 1.41. The van der Waals surface area contributed by atoms with Gasteiger partial charge in [0.25, 0.3) is 10.0 Å². The molecule has 2 heterocycles. The molecule has 108 valence electrons. The fraction of sp³-hybridized carbons (Fsp3) is 0.250. The van der Waals surface area contributed by atoms with Crippen LogP contribution in [0.2, 0.25) is 0 Å². The molecule has 0 radical (unpaired) electrons. The highest BCUT2D eigenvalue weighted by atomic mass is 32.2. The molecule has 2 aliphatic rings. The number of para-hydroxylation sites is 1. The summed E-state index contributed by atoms with van der Waals surface area (Å²) >= 11 is 0. The van der Waals surface area contributed by atoms with Gasteiger partial charge in [-0.2, -0.15) is 0 Å². The van der Waals surface area contributed by atoms with Crippen LogP contribution < -0.4 is 9.62 Å². The van der Waals surface area contributed by atoms with Crippen molar-refractivity contribution in [2.75, 3.05) is 22.7 Å². The Kier molecular flexibility index (Phi) is 2.72. The number of nitrogens with zero attached hydrogens (tertiary/aromatic N) is 1. The van der Waals surface area contributed by atoms with Crippen molar-refractivity contribution in [2.45, 2.75) is 17.7 Å². The van der Waals surface area contributed by atoms with E-state index in [1.54, 1.807) is 6.07 Å². The van der Waals surface area contributed by atoms with Gasteiger partial charge in [-0.05, 0) is 48.2 Å². The van der Waals surface area contributed by atoms with E-state index in [1.165, 1.54) is 4.31 Å². The zero-order valence-electron chi connectivity index (χ0n) is 11.5. The lowest BCUT2D eigenvalue weighted by atomic mass is 10.2. The van der Waals surface area contributed by atoms with Crippen LogP contribution in [0.3, 0.4) is 0 Å². The molecular formula is C16H16N2O2S. The molecule has 0 atom stereocenters. The fourth-order valence-corrected chi connectivity index (χ4v) is 4.68. The van der Waals surface area contributed by atoms with Crippen LogP contribution in [0.15, 0.2) is 47.4 Å². The van der Waals surface area contributed by atoms with Crippen LogP contribution in [0.25, 0.3) is 0 Å². The molecular weight excluding hydrogens is 284 g/mol. The molecule has 0 bridgehead atoms. The molecule has 0 saturated carbocycles. The molecule has 4 rings (SSSR count). The van der Waals surface area contributed by atoms with Gasteiger partial charge in [0, 0.05) is 18.8 Å². The lowest BCUT2D eigenvalue weighted by molar-refractivity contribution is 0.592. The molecule has 2 aromatic carbocycles. The van der Waals surface area contributed by atoms with Crippen LogP contribution >= 0.6 is 0 Å². The van der Waals surface area contributed by atoms with Gasteiger partial charge in [-0.15, -0.1) is 0 Å². The number of rotatable bonds is 2. The molecule has 2 aromatic rings. The number of benzene rings is 2. The van der Waals surface area contributed by atoms with E-state index in [0.29, 0.717) is 11.4 Å². The maximum absolute atomic E-state index is 12.9. The second-order valence-corrected chi connectivity index (χ2v) is 7.31. The Labute approximate surface area is 124 Å². The van der Waals surface area contributed by atoms with E-state index in [-0.39, 0.29) is 0 Å². The Balaban J connectivity index is 1.78. The summed E-state index contributed by atoms with van der Waals surface area (Å²) in [5.41, 5.74) is 4.05. The third-order valence-electron chi connectivity index (χ3n) is 4.22. The van der Waals surface area contributed by atoms with Crippen molar-refractivity contribution in [1.82, 2.24) is 0 Å². The van der Waals surface area contributed by atoms with Crippen molar-refractivity contribution in [1.29, 1.82) is 0 Å². The lowest BCUT2D eigenvalue weighted by Gasteiger charge is -2.20. The van der Waals surface area contributed by atoms with Gasteiger partial charge in [-0.1, -0.05) is 18.2 Å². The third-order valence-corrected chi connectivity index (χ3v) is 6.03. The van der Waals surface area contributed by atoms with Crippen molar-refractivity contribution >= 4 is 21.4 Å². The van der Waals surface area contributed by atoms with Crippen LogP contribution in [0.4, 0.5) is 11.4 Å². The maximum atomic E-state index is 12.9. The van der Waals surface area contributed by atoms with Gasteiger partial charge in [0.15, 0.2) is 0 Å². The quantitative estimate of drug-likeness (QED) is 0.926. The maximum Gasteiger partial charge on any atom is 0.264 e. The van der Waals surface area contributed by atoms with Crippen molar-refractivity contribution in [3.8, 4) is 0 Å². The molecule has 1 N–H and O–H groups in total. The second kappa shape index (κ2) is 4.49. The minimum atomic E-state index is -3.47. The summed E-state index contributed by atoms with van der Waals surface area (Å²) in [6.07, 6.45) is 1.66. The van der Waals surface area contributed by atoms with Gasteiger partial charge >= 0.3 is 0 Å². The largest absolute Gasteiger partial charge is 0.384 e. The second-order valence-electron chi connectivity index (χ2n) is 5.45. The molecule has 21 heavy (non-hydrogen) atoms. The van der Waals surface area contributed by atoms with E-state index >= 15 is 0 Å². The average Bonchev–Trinajstić information content (AvgIpc) is 3.13.